The van der Waals surface area contributed by atoms with Crippen LogP contribution in [-0.2, 0) is 22.7 Å². The average molecular weight is 499 g/mol. The highest BCUT2D eigenvalue weighted by Crippen LogP contribution is 2.23. The third-order valence-electron chi connectivity index (χ3n) is 6.76. The number of nitrogens with zero attached hydrogens (tertiary/aromatic N) is 1. The van der Waals surface area contributed by atoms with Crippen molar-refractivity contribution in [2.24, 2.45) is 0 Å². The van der Waals surface area contributed by atoms with Crippen LogP contribution in [0.25, 0.3) is 10.8 Å². The first-order chi connectivity index (χ1) is 18.3. The van der Waals surface area contributed by atoms with E-state index in [0.717, 1.165) is 30.5 Å². The van der Waals surface area contributed by atoms with Crippen LogP contribution in [-0.4, -0.2) is 37.0 Å². The minimum atomic E-state index is -0.0912. The Hall–Kier alpha value is -3.45. The van der Waals surface area contributed by atoms with E-state index in [2.05, 4.69) is 35.6 Å². The number of aromatic nitrogens is 1. The zero-order valence-corrected chi connectivity index (χ0v) is 21.1. The van der Waals surface area contributed by atoms with E-state index in [9.17, 15) is 4.79 Å². The quantitative estimate of drug-likeness (QED) is 0.291. The van der Waals surface area contributed by atoms with Crippen molar-refractivity contribution in [3.8, 4) is 5.75 Å². The maximum atomic E-state index is 13.0. The van der Waals surface area contributed by atoms with Crippen LogP contribution in [0.3, 0.4) is 0 Å². The lowest BCUT2D eigenvalue weighted by atomic mass is 10.0. The lowest BCUT2D eigenvalue weighted by Gasteiger charge is -2.33. The van der Waals surface area contributed by atoms with Crippen molar-refractivity contribution in [1.29, 1.82) is 0 Å². The second kappa shape index (κ2) is 12.7. The normalized spacial score (nSPS) is 17.6. The molecule has 0 bridgehead atoms. The van der Waals surface area contributed by atoms with Crippen LogP contribution >= 0.6 is 0 Å². The molecule has 0 spiro atoms. The van der Waals surface area contributed by atoms with Crippen LogP contribution in [0.5, 0.6) is 5.75 Å². The fourth-order valence-electron chi connectivity index (χ4n) is 4.79. The van der Waals surface area contributed by atoms with Gasteiger partial charge in [0.05, 0.1) is 38.6 Å². The molecule has 5 rings (SSSR count). The summed E-state index contributed by atoms with van der Waals surface area (Å²) in [6.45, 7) is 3.79. The first-order valence-electron chi connectivity index (χ1n) is 13.0. The van der Waals surface area contributed by atoms with E-state index >= 15 is 0 Å². The number of piperidine rings is 1. The number of hydrogen-bond acceptors (Lipinski definition) is 5. The molecule has 3 aromatic carbocycles. The number of nitrogens with one attached hydrogen (secondary N) is 1. The Labute approximate surface area is 217 Å². The summed E-state index contributed by atoms with van der Waals surface area (Å²) in [6, 6.07) is 28.3. The Kier molecular flexibility index (Phi) is 8.64. The first-order valence-corrected chi connectivity index (χ1v) is 13.0. The third-order valence-corrected chi connectivity index (χ3v) is 6.76. The van der Waals surface area contributed by atoms with E-state index in [1.807, 2.05) is 54.7 Å². The second-order valence-electron chi connectivity index (χ2n) is 9.44. The third kappa shape index (κ3) is 6.86. The molecule has 0 amide bonds. The molecule has 0 saturated carbocycles. The standard InChI is InChI=1S/C31H34N2O4/c34-31-20-28(36-18-6-17-35-22-24-7-2-1-3-8-24)14-16-33(31)29-13-15-32-21-30(29)37-23-25-11-12-26-9-4-5-10-27(26)19-25/h1-5,7-12,14,16,19-20,29-30,32H,6,13,15,17-18,21-23H2. The van der Waals surface area contributed by atoms with Gasteiger partial charge < -0.3 is 24.1 Å². The molecular formula is C31H34N2O4. The molecule has 6 nitrogen and oxygen atoms in total. The maximum absolute atomic E-state index is 13.0. The van der Waals surface area contributed by atoms with Crippen molar-refractivity contribution in [2.75, 3.05) is 26.3 Å². The highest BCUT2D eigenvalue weighted by molar-refractivity contribution is 5.82. The number of pyridine rings is 1. The van der Waals surface area contributed by atoms with E-state index in [4.69, 9.17) is 14.2 Å². The van der Waals surface area contributed by atoms with Gasteiger partial charge in [-0.25, -0.2) is 0 Å². The zero-order valence-electron chi connectivity index (χ0n) is 21.1. The molecule has 1 fully saturated rings. The Morgan fingerprint density at radius 2 is 1.68 bits per heavy atom. The summed E-state index contributed by atoms with van der Waals surface area (Å²) < 4.78 is 19.6. The molecule has 192 valence electrons. The lowest BCUT2D eigenvalue weighted by Crippen LogP contribution is -2.45. The molecule has 1 aromatic heterocycles. The summed E-state index contributed by atoms with van der Waals surface area (Å²) in [5.41, 5.74) is 2.22. The predicted molar refractivity (Wildman–Crippen MR) is 146 cm³/mol. The molecular weight excluding hydrogens is 464 g/mol. The summed E-state index contributed by atoms with van der Waals surface area (Å²) in [4.78, 5) is 13.0. The van der Waals surface area contributed by atoms with Crippen molar-refractivity contribution >= 4 is 10.8 Å². The van der Waals surface area contributed by atoms with Gasteiger partial charge in [0.1, 0.15) is 5.75 Å². The smallest absolute Gasteiger partial charge is 0.254 e. The Bertz CT molecular complexity index is 1340. The van der Waals surface area contributed by atoms with E-state index in [1.54, 1.807) is 10.6 Å². The van der Waals surface area contributed by atoms with Gasteiger partial charge in [-0.1, -0.05) is 66.7 Å². The van der Waals surface area contributed by atoms with Gasteiger partial charge in [-0.2, -0.15) is 0 Å². The summed E-state index contributed by atoms with van der Waals surface area (Å²) in [6.07, 6.45) is 3.34. The van der Waals surface area contributed by atoms with E-state index < -0.39 is 0 Å². The van der Waals surface area contributed by atoms with Crippen molar-refractivity contribution in [3.05, 3.63) is 113 Å². The monoisotopic (exact) mass is 498 g/mol. The molecule has 4 aromatic rings. The molecule has 1 aliphatic heterocycles. The number of benzene rings is 3. The molecule has 2 unspecified atom stereocenters. The van der Waals surface area contributed by atoms with E-state index in [1.165, 1.54) is 10.8 Å². The van der Waals surface area contributed by atoms with Crippen LogP contribution in [0, 0.1) is 0 Å². The maximum Gasteiger partial charge on any atom is 0.254 e. The van der Waals surface area contributed by atoms with E-state index in [-0.39, 0.29) is 17.7 Å². The van der Waals surface area contributed by atoms with Gasteiger partial charge in [-0.3, -0.25) is 4.79 Å². The Balaban J connectivity index is 1.13. The number of hydrogen-bond donors (Lipinski definition) is 1. The molecule has 2 heterocycles. The predicted octanol–water partition coefficient (Wildman–Crippen LogP) is 5.11. The van der Waals surface area contributed by atoms with Crippen molar-refractivity contribution in [2.45, 2.75) is 38.2 Å². The molecule has 0 radical (unpaired) electrons. The van der Waals surface area contributed by atoms with Crippen molar-refractivity contribution < 1.29 is 14.2 Å². The second-order valence-corrected chi connectivity index (χ2v) is 9.44. The summed E-state index contributed by atoms with van der Waals surface area (Å²) >= 11 is 0. The SMILES string of the molecule is O=c1cc(OCCCOCc2ccccc2)ccn1C1CCNCC1OCc1ccc2ccccc2c1. The molecule has 1 saturated heterocycles. The van der Waals surface area contributed by atoms with Crippen LogP contribution in [0.2, 0.25) is 0 Å². The minimum absolute atomic E-state index is 0.0188. The van der Waals surface area contributed by atoms with Gasteiger partial charge in [-0.05, 0) is 47.0 Å². The van der Waals surface area contributed by atoms with Gasteiger partial charge in [0.15, 0.2) is 0 Å². The fraction of sp³-hybridized carbons (Fsp3) is 0.323. The van der Waals surface area contributed by atoms with Crippen molar-refractivity contribution in [3.63, 3.8) is 0 Å². The number of rotatable bonds is 11. The highest BCUT2D eigenvalue weighted by Gasteiger charge is 2.28. The van der Waals surface area contributed by atoms with Crippen LogP contribution in [0.4, 0.5) is 0 Å². The molecule has 1 aliphatic rings. The van der Waals surface area contributed by atoms with Crippen LogP contribution < -0.4 is 15.6 Å². The van der Waals surface area contributed by atoms with Gasteiger partial charge >= 0.3 is 0 Å². The summed E-state index contributed by atoms with van der Waals surface area (Å²) in [7, 11) is 0. The van der Waals surface area contributed by atoms with E-state index in [0.29, 0.717) is 38.7 Å². The minimum Gasteiger partial charge on any atom is -0.493 e. The largest absolute Gasteiger partial charge is 0.493 e. The summed E-state index contributed by atoms with van der Waals surface area (Å²) in [5.74, 6) is 0.590. The van der Waals surface area contributed by atoms with Crippen LogP contribution in [0.1, 0.15) is 30.0 Å². The topological polar surface area (TPSA) is 61.7 Å². The Morgan fingerprint density at radius 3 is 2.54 bits per heavy atom. The van der Waals surface area contributed by atoms with Crippen LogP contribution in [0.15, 0.2) is 95.9 Å². The molecule has 37 heavy (non-hydrogen) atoms. The van der Waals surface area contributed by atoms with Gasteiger partial charge in [0, 0.05) is 25.2 Å². The molecule has 1 N–H and O–H groups in total. The summed E-state index contributed by atoms with van der Waals surface area (Å²) in [5, 5.41) is 5.83. The zero-order chi connectivity index (χ0) is 25.3. The first kappa shape index (κ1) is 25.2. The average Bonchev–Trinajstić information content (AvgIpc) is 2.94. The fourth-order valence-corrected chi connectivity index (χ4v) is 4.79. The number of fused-ring (bicyclic) bond motifs is 1. The molecule has 6 heteroatoms. The molecule has 2 atom stereocenters. The Morgan fingerprint density at radius 1 is 0.838 bits per heavy atom. The van der Waals surface area contributed by atoms with Gasteiger partial charge in [0.2, 0.25) is 0 Å². The van der Waals surface area contributed by atoms with Gasteiger partial charge in [-0.15, -0.1) is 0 Å². The highest BCUT2D eigenvalue weighted by atomic mass is 16.5. The van der Waals surface area contributed by atoms with Crippen molar-refractivity contribution in [1.82, 2.24) is 9.88 Å². The lowest BCUT2D eigenvalue weighted by molar-refractivity contribution is -0.00849. The number of ether oxygens (including phenoxy) is 3. The molecule has 0 aliphatic carbocycles. The van der Waals surface area contributed by atoms with Gasteiger partial charge in [0.25, 0.3) is 5.56 Å².